The minimum absolute atomic E-state index is 0.177. The zero-order valence-corrected chi connectivity index (χ0v) is 11.7. The highest BCUT2D eigenvalue weighted by Crippen LogP contribution is 2.30. The third-order valence-electron chi connectivity index (χ3n) is 2.19. The monoisotopic (exact) mass is 294 g/mol. The van der Waals surface area contributed by atoms with Gasteiger partial charge in [-0.05, 0) is 18.6 Å². The van der Waals surface area contributed by atoms with E-state index in [1.165, 1.54) is 12.1 Å². The van der Waals surface area contributed by atoms with Crippen LogP contribution in [0.2, 0.25) is 15.1 Å². The van der Waals surface area contributed by atoms with Crippen molar-refractivity contribution in [1.82, 2.24) is 0 Å². The average Bonchev–Trinajstić information content (AvgIpc) is 2.29. The fraction of sp³-hybridized carbons (Fsp3) is 0.417. The molecule has 0 bridgehead atoms. The molecule has 17 heavy (non-hydrogen) atoms. The summed E-state index contributed by atoms with van der Waals surface area (Å²) in [6.45, 7) is 2.46. The van der Waals surface area contributed by atoms with E-state index in [-0.39, 0.29) is 15.6 Å². The number of esters is 1. The molecule has 0 fully saturated rings. The number of carbonyl (C=O) groups excluding carboxylic acids is 1. The molecule has 0 amide bonds. The first-order valence-corrected chi connectivity index (χ1v) is 6.51. The molecule has 0 N–H and O–H groups in total. The molecular formula is C12H13Cl3O2. The third-order valence-corrected chi connectivity index (χ3v) is 3.21. The van der Waals surface area contributed by atoms with Gasteiger partial charge in [0.15, 0.2) is 0 Å². The summed E-state index contributed by atoms with van der Waals surface area (Å²) in [6.07, 6.45) is 2.94. The van der Waals surface area contributed by atoms with Crippen LogP contribution in [0, 0.1) is 0 Å². The van der Waals surface area contributed by atoms with Crippen molar-refractivity contribution in [2.24, 2.45) is 0 Å². The predicted molar refractivity (Wildman–Crippen MR) is 71.3 cm³/mol. The van der Waals surface area contributed by atoms with E-state index in [4.69, 9.17) is 39.5 Å². The van der Waals surface area contributed by atoms with Crippen molar-refractivity contribution in [2.75, 3.05) is 6.61 Å². The predicted octanol–water partition coefficient (Wildman–Crippen LogP) is 4.99. The van der Waals surface area contributed by atoms with Crippen LogP contribution in [-0.2, 0) is 4.74 Å². The lowest BCUT2D eigenvalue weighted by Gasteiger charge is -2.07. The van der Waals surface area contributed by atoms with E-state index in [2.05, 4.69) is 6.92 Å². The minimum Gasteiger partial charge on any atom is -0.462 e. The molecule has 2 nitrogen and oxygen atoms in total. The topological polar surface area (TPSA) is 26.3 Å². The standard InChI is InChI=1S/C12H13Cl3O2/c1-2-3-4-5-17-12(16)9-6-8(13)7-10(14)11(9)15/h6-7H,2-5H2,1H3. The summed E-state index contributed by atoms with van der Waals surface area (Å²) in [5.41, 5.74) is 0.209. The van der Waals surface area contributed by atoms with Crippen LogP contribution >= 0.6 is 34.8 Å². The molecule has 94 valence electrons. The molecule has 0 aliphatic rings. The number of unbranched alkanes of at least 4 members (excludes halogenated alkanes) is 2. The Labute approximate surface area is 116 Å². The normalized spacial score (nSPS) is 10.4. The van der Waals surface area contributed by atoms with E-state index in [0.717, 1.165) is 19.3 Å². The van der Waals surface area contributed by atoms with Crippen LogP contribution in [0.3, 0.4) is 0 Å². The Balaban J connectivity index is 2.69. The number of rotatable bonds is 5. The van der Waals surface area contributed by atoms with Gasteiger partial charge < -0.3 is 4.74 Å². The van der Waals surface area contributed by atoms with Crippen molar-refractivity contribution in [3.05, 3.63) is 32.8 Å². The summed E-state index contributed by atoms with van der Waals surface area (Å²) in [5, 5.41) is 0.788. The summed E-state index contributed by atoms with van der Waals surface area (Å²) in [5.74, 6) is -0.490. The minimum atomic E-state index is -0.490. The molecule has 0 saturated carbocycles. The summed E-state index contributed by atoms with van der Waals surface area (Å²) in [7, 11) is 0. The van der Waals surface area contributed by atoms with Gasteiger partial charge in [-0.3, -0.25) is 0 Å². The van der Waals surface area contributed by atoms with Crippen molar-refractivity contribution in [3.63, 3.8) is 0 Å². The SMILES string of the molecule is CCCCCOC(=O)c1cc(Cl)cc(Cl)c1Cl. The highest BCUT2D eigenvalue weighted by atomic mass is 35.5. The van der Waals surface area contributed by atoms with Gasteiger partial charge in [-0.25, -0.2) is 4.79 Å². The molecule has 0 heterocycles. The molecule has 0 saturated heterocycles. The van der Waals surface area contributed by atoms with E-state index in [1.807, 2.05) is 0 Å². The molecule has 0 atom stereocenters. The van der Waals surface area contributed by atoms with Crippen LogP contribution in [0.1, 0.15) is 36.5 Å². The fourth-order valence-corrected chi connectivity index (χ4v) is 1.98. The molecule has 0 aromatic heterocycles. The van der Waals surface area contributed by atoms with E-state index in [0.29, 0.717) is 11.6 Å². The van der Waals surface area contributed by atoms with Gasteiger partial charge in [0.25, 0.3) is 0 Å². The average molecular weight is 296 g/mol. The van der Waals surface area contributed by atoms with Gasteiger partial charge in [-0.1, -0.05) is 54.6 Å². The molecule has 1 aromatic carbocycles. The van der Waals surface area contributed by atoms with Crippen molar-refractivity contribution >= 4 is 40.8 Å². The molecule has 0 spiro atoms. The van der Waals surface area contributed by atoms with Gasteiger partial charge in [0.05, 0.1) is 22.2 Å². The number of carbonyl (C=O) groups is 1. The zero-order valence-electron chi connectivity index (χ0n) is 9.43. The first kappa shape index (κ1) is 14.6. The molecule has 1 aromatic rings. The lowest BCUT2D eigenvalue weighted by atomic mass is 10.2. The van der Waals surface area contributed by atoms with Crippen LogP contribution in [0.25, 0.3) is 0 Å². The van der Waals surface area contributed by atoms with Gasteiger partial charge in [0.2, 0.25) is 0 Å². The number of benzene rings is 1. The second-order valence-electron chi connectivity index (χ2n) is 3.59. The quantitative estimate of drug-likeness (QED) is 0.434. The third kappa shape index (κ3) is 4.38. The Bertz CT molecular complexity index is 405. The van der Waals surface area contributed by atoms with Crippen LogP contribution in [0.5, 0.6) is 0 Å². The highest BCUT2D eigenvalue weighted by Gasteiger charge is 2.15. The van der Waals surface area contributed by atoms with Crippen LogP contribution in [-0.4, -0.2) is 12.6 Å². The number of halogens is 3. The summed E-state index contributed by atoms with van der Waals surface area (Å²) < 4.78 is 5.08. The molecule has 0 aliphatic heterocycles. The second kappa shape index (κ2) is 7.10. The largest absolute Gasteiger partial charge is 0.462 e. The van der Waals surface area contributed by atoms with Gasteiger partial charge in [-0.2, -0.15) is 0 Å². The van der Waals surface area contributed by atoms with E-state index in [9.17, 15) is 4.79 Å². The Morgan fingerprint density at radius 1 is 1.24 bits per heavy atom. The van der Waals surface area contributed by atoms with Crippen molar-refractivity contribution in [3.8, 4) is 0 Å². The Morgan fingerprint density at radius 3 is 2.59 bits per heavy atom. The van der Waals surface area contributed by atoms with E-state index in [1.54, 1.807) is 0 Å². The Kier molecular flexibility index (Phi) is 6.10. The van der Waals surface area contributed by atoms with Gasteiger partial charge >= 0.3 is 5.97 Å². The van der Waals surface area contributed by atoms with Crippen LogP contribution in [0.4, 0.5) is 0 Å². The zero-order chi connectivity index (χ0) is 12.8. The van der Waals surface area contributed by atoms with Gasteiger partial charge in [0, 0.05) is 5.02 Å². The summed E-state index contributed by atoms with van der Waals surface area (Å²) in [6, 6.07) is 2.94. The van der Waals surface area contributed by atoms with Gasteiger partial charge in [-0.15, -0.1) is 0 Å². The number of hydrogen-bond acceptors (Lipinski definition) is 2. The summed E-state index contributed by atoms with van der Waals surface area (Å²) in [4.78, 5) is 11.7. The van der Waals surface area contributed by atoms with Crippen molar-refractivity contribution in [2.45, 2.75) is 26.2 Å². The maximum Gasteiger partial charge on any atom is 0.339 e. The van der Waals surface area contributed by atoms with Gasteiger partial charge in [0.1, 0.15) is 0 Å². The van der Waals surface area contributed by atoms with Crippen LogP contribution < -0.4 is 0 Å². The lowest BCUT2D eigenvalue weighted by Crippen LogP contribution is -2.07. The van der Waals surface area contributed by atoms with Crippen molar-refractivity contribution in [1.29, 1.82) is 0 Å². The second-order valence-corrected chi connectivity index (χ2v) is 4.81. The lowest BCUT2D eigenvalue weighted by molar-refractivity contribution is 0.0498. The molecule has 0 unspecified atom stereocenters. The Hall–Kier alpha value is -0.440. The molecular weight excluding hydrogens is 282 g/mol. The summed E-state index contributed by atoms with van der Waals surface area (Å²) >= 11 is 17.5. The highest BCUT2D eigenvalue weighted by molar-refractivity contribution is 6.45. The first-order chi connectivity index (χ1) is 8.06. The van der Waals surface area contributed by atoms with Crippen LogP contribution in [0.15, 0.2) is 12.1 Å². The maximum absolute atomic E-state index is 11.7. The van der Waals surface area contributed by atoms with E-state index < -0.39 is 5.97 Å². The van der Waals surface area contributed by atoms with E-state index >= 15 is 0 Å². The Morgan fingerprint density at radius 2 is 1.94 bits per heavy atom. The molecule has 1 rings (SSSR count). The molecule has 0 aliphatic carbocycles. The van der Waals surface area contributed by atoms with Crippen molar-refractivity contribution < 1.29 is 9.53 Å². The molecule has 5 heteroatoms. The smallest absolute Gasteiger partial charge is 0.339 e. The maximum atomic E-state index is 11.7. The number of ether oxygens (including phenoxy) is 1. The first-order valence-electron chi connectivity index (χ1n) is 5.38. The number of hydrogen-bond donors (Lipinski definition) is 0. The fourth-order valence-electron chi connectivity index (χ4n) is 1.30. The molecule has 0 radical (unpaired) electrons.